The fourth-order valence-corrected chi connectivity index (χ4v) is 5.34. The number of fused-ring (bicyclic) bond motifs is 3. The number of furan rings is 1. The maximum absolute atomic E-state index is 12.9. The molecular weight excluding hydrogens is 402 g/mol. The molecule has 0 radical (unpaired) electrons. The molecular formula is C23H11NO3S2. The van der Waals surface area contributed by atoms with E-state index >= 15 is 0 Å². The molecule has 0 N–H and O–H groups in total. The van der Waals surface area contributed by atoms with E-state index in [0.717, 1.165) is 25.4 Å². The minimum Gasteiger partial charge on any atom is -0.437 e. The van der Waals surface area contributed by atoms with Gasteiger partial charge in [0, 0.05) is 17.2 Å². The van der Waals surface area contributed by atoms with E-state index < -0.39 is 0 Å². The lowest BCUT2D eigenvalue weighted by atomic mass is 10.0. The zero-order valence-electron chi connectivity index (χ0n) is 14.8. The van der Waals surface area contributed by atoms with Crippen molar-refractivity contribution in [2.45, 2.75) is 0 Å². The van der Waals surface area contributed by atoms with E-state index in [4.69, 9.17) is 4.42 Å². The molecule has 29 heavy (non-hydrogen) atoms. The van der Waals surface area contributed by atoms with Crippen molar-refractivity contribution in [3.63, 3.8) is 0 Å². The number of aromatic nitrogens is 1. The van der Waals surface area contributed by atoms with Gasteiger partial charge in [-0.05, 0) is 40.4 Å². The Bertz CT molecular complexity index is 1400. The van der Waals surface area contributed by atoms with Crippen LogP contribution in [0.15, 0.2) is 70.0 Å². The molecule has 1 aliphatic rings. The molecule has 2 aromatic carbocycles. The van der Waals surface area contributed by atoms with Gasteiger partial charge in [0.2, 0.25) is 5.71 Å². The van der Waals surface area contributed by atoms with Gasteiger partial charge in [-0.15, -0.1) is 22.7 Å². The molecule has 0 bridgehead atoms. The van der Waals surface area contributed by atoms with Crippen LogP contribution in [0.25, 0.3) is 37.1 Å². The van der Waals surface area contributed by atoms with Gasteiger partial charge < -0.3 is 4.42 Å². The average molecular weight is 413 g/mol. The Hall–Kier alpha value is -3.35. The van der Waals surface area contributed by atoms with E-state index in [1.165, 1.54) is 17.4 Å². The van der Waals surface area contributed by atoms with Crippen LogP contribution in [0, 0.1) is 0 Å². The molecule has 0 saturated carbocycles. The topological polar surface area (TPSA) is 60.2 Å². The van der Waals surface area contributed by atoms with E-state index in [-0.39, 0.29) is 17.1 Å². The average Bonchev–Trinajstić information content (AvgIpc) is 3.48. The van der Waals surface area contributed by atoms with Crippen LogP contribution in [-0.4, -0.2) is 16.6 Å². The second-order valence-electron chi connectivity index (χ2n) is 6.78. The highest BCUT2D eigenvalue weighted by Crippen LogP contribution is 2.36. The predicted molar refractivity (Wildman–Crippen MR) is 116 cm³/mol. The van der Waals surface area contributed by atoms with Gasteiger partial charge in [-0.3, -0.25) is 9.59 Å². The number of thiophene rings is 1. The van der Waals surface area contributed by atoms with E-state index in [9.17, 15) is 9.59 Å². The summed E-state index contributed by atoms with van der Waals surface area (Å²) in [6.45, 7) is 0. The molecule has 0 spiro atoms. The molecule has 4 nitrogen and oxygen atoms in total. The van der Waals surface area contributed by atoms with E-state index in [0.29, 0.717) is 22.6 Å². The van der Waals surface area contributed by atoms with Gasteiger partial charge in [0.05, 0.1) is 15.2 Å². The normalized spacial score (nSPS) is 13.6. The number of benzene rings is 2. The molecule has 3 aromatic heterocycles. The van der Waals surface area contributed by atoms with Crippen LogP contribution in [0.5, 0.6) is 0 Å². The Morgan fingerprint density at radius 3 is 2.24 bits per heavy atom. The molecule has 5 aromatic rings. The second-order valence-corrected chi connectivity index (χ2v) is 8.75. The van der Waals surface area contributed by atoms with Gasteiger partial charge >= 0.3 is 0 Å². The molecule has 0 amide bonds. The van der Waals surface area contributed by atoms with E-state index in [2.05, 4.69) is 4.98 Å². The fraction of sp³-hybridized carbons (Fsp3) is 0. The first kappa shape index (κ1) is 16.6. The number of carbonyl (C=O) groups is 2. The summed E-state index contributed by atoms with van der Waals surface area (Å²) in [5.74, 6) is -0.0592. The van der Waals surface area contributed by atoms with Gasteiger partial charge in [0.15, 0.2) is 11.6 Å². The summed E-state index contributed by atoms with van der Waals surface area (Å²) in [4.78, 5) is 31.4. The van der Waals surface area contributed by atoms with Crippen LogP contribution < -0.4 is 0 Å². The molecule has 0 unspecified atom stereocenters. The number of thiazole rings is 1. The van der Waals surface area contributed by atoms with Crippen LogP contribution in [0.3, 0.4) is 0 Å². The lowest BCUT2D eigenvalue weighted by Gasteiger charge is -2.00. The standard InChI is InChI=1S/C23H11NO3S2/c25-20-15-8-12-4-1-2-5-13(12)9-16(15)21(26)17(20)10-14-11-19-22(27-14)24-23(29-19)18-6-3-7-28-18/h1-11H. The van der Waals surface area contributed by atoms with E-state index in [1.807, 2.05) is 47.8 Å². The van der Waals surface area contributed by atoms with Crippen molar-refractivity contribution in [3.05, 3.63) is 82.4 Å². The van der Waals surface area contributed by atoms with Gasteiger partial charge in [0.25, 0.3) is 0 Å². The highest BCUT2D eigenvalue weighted by atomic mass is 32.1. The third-order valence-electron chi connectivity index (χ3n) is 4.99. The number of nitrogens with zero attached hydrogens (tertiary/aromatic N) is 1. The smallest absolute Gasteiger partial charge is 0.238 e. The summed E-state index contributed by atoms with van der Waals surface area (Å²) in [7, 11) is 0. The van der Waals surface area contributed by atoms with Crippen molar-refractivity contribution in [1.29, 1.82) is 0 Å². The van der Waals surface area contributed by atoms with Gasteiger partial charge in [-0.1, -0.05) is 30.3 Å². The maximum atomic E-state index is 12.9. The second kappa shape index (κ2) is 6.07. The Morgan fingerprint density at radius 2 is 1.62 bits per heavy atom. The number of carbonyl (C=O) groups excluding carboxylic acids is 2. The van der Waals surface area contributed by atoms with Crippen molar-refractivity contribution in [2.24, 2.45) is 0 Å². The number of allylic oxidation sites excluding steroid dienone is 1. The summed E-state index contributed by atoms with van der Waals surface area (Å²) in [6.07, 6.45) is 1.54. The van der Waals surface area contributed by atoms with Crippen LogP contribution in [0.2, 0.25) is 0 Å². The Labute approximate surface area is 172 Å². The first-order valence-electron chi connectivity index (χ1n) is 8.95. The quantitative estimate of drug-likeness (QED) is 0.254. The summed E-state index contributed by atoms with van der Waals surface area (Å²) >= 11 is 3.16. The molecule has 138 valence electrons. The van der Waals surface area contributed by atoms with Crippen molar-refractivity contribution >= 4 is 61.5 Å². The molecule has 0 atom stereocenters. The Kier molecular flexibility index (Phi) is 3.47. The van der Waals surface area contributed by atoms with Crippen LogP contribution >= 0.6 is 22.7 Å². The first-order valence-corrected chi connectivity index (χ1v) is 10.7. The zero-order valence-corrected chi connectivity index (χ0v) is 16.5. The largest absolute Gasteiger partial charge is 0.437 e. The fourth-order valence-electron chi connectivity index (χ4n) is 3.61. The molecule has 1 aliphatic carbocycles. The third-order valence-corrected chi connectivity index (χ3v) is 7.01. The first-order chi connectivity index (χ1) is 14.2. The molecule has 6 rings (SSSR count). The van der Waals surface area contributed by atoms with Crippen molar-refractivity contribution in [3.8, 4) is 9.88 Å². The molecule has 0 aliphatic heterocycles. The van der Waals surface area contributed by atoms with Gasteiger partial charge in [0.1, 0.15) is 10.8 Å². The number of hydrogen-bond acceptors (Lipinski definition) is 6. The zero-order chi connectivity index (χ0) is 19.5. The number of hydrogen-bond donors (Lipinski definition) is 0. The van der Waals surface area contributed by atoms with Gasteiger partial charge in [-0.2, -0.15) is 4.98 Å². The van der Waals surface area contributed by atoms with Crippen LogP contribution in [0.4, 0.5) is 0 Å². The summed E-state index contributed by atoms with van der Waals surface area (Å²) in [6, 6.07) is 17.1. The number of rotatable bonds is 2. The molecule has 3 heterocycles. The maximum Gasteiger partial charge on any atom is 0.238 e. The summed E-state index contributed by atoms with van der Waals surface area (Å²) < 4.78 is 6.69. The van der Waals surface area contributed by atoms with Crippen molar-refractivity contribution in [1.82, 2.24) is 4.98 Å². The summed E-state index contributed by atoms with van der Waals surface area (Å²) in [5.41, 5.74) is 1.56. The van der Waals surface area contributed by atoms with Gasteiger partial charge in [-0.25, -0.2) is 0 Å². The van der Waals surface area contributed by atoms with E-state index in [1.54, 1.807) is 23.5 Å². The SMILES string of the molecule is O=C1C(=Cc2cc3sc(-c4cccs4)nc3o2)C(=O)c2cc3ccccc3cc21. The number of ketones is 2. The van der Waals surface area contributed by atoms with Crippen molar-refractivity contribution < 1.29 is 14.0 Å². The van der Waals surface area contributed by atoms with Crippen LogP contribution in [-0.2, 0) is 0 Å². The molecule has 6 heteroatoms. The number of Topliss-reactive ketones (excluding diaryl/α,β-unsaturated/α-hetero) is 2. The summed E-state index contributed by atoms with van der Waals surface area (Å²) in [5, 5.41) is 4.79. The lowest BCUT2D eigenvalue weighted by molar-refractivity contribution is 0.0990. The highest BCUT2D eigenvalue weighted by Gasteiger charge is 2.33. The Morgan fingerprint density at radius 1 is 0.897 bits per heavy atom. The molecule has 0 saturated heterocycles. The monoisotopic (exact) mass is 413 g/mol. The third kappa shape index (κ3) is 2.53. The lowest BCUT2D eigenvalue weighted by Crippen LogP contribution is -1.99. The van der Waals surface area contributed by atoms with Crippen molar-refractivity contribution in [2.75, 3.05) is 0 Å². The Balaban J connectivity index is 1.41. The minimum absolute atomic E-state index is 0.134. The molecule has 0 fully saturated rings. The van der Waals surface area contributed by atoms with Crippen LogP contribution in [0.1, 0.15) is 26.5 Å². The highest BCUT2D eigenvalue weighted by molar-refractivity contribution is 7.25. The predicted octanol–water partition coefficient (Wildman–Crippen LogP) is 6.23. The minimum atomic E-state index is -0.261.